The lowest BCUT2D eigenvalue weighted by Crippen LogP contribution is -2.26. The quantitative estimate of drug-likeness (QED) is 0.879. The van der Waals surface area contributed by atoms with Crippen LogP contribution in [0.4, 0.5) is 5.69 Å². The molecular formula is C15H18N2OS. The maximum Gasteiger partial charge on any atom is 0.253 e. The van der Waals surface area contributed by atoms with E-state index in [-0.39, 0.29) is 5.91 Å². The van der Waals surface area contributed by atoms with Crippen molar-refractivity contribution < 1.29 is 4.79 Å². The van der Waals surface area contributed by atoms with E-state index in [2.05, 4.69) is 27.5 Å². The van der Waals surface area contributed by atoms with E-state index in [0.717, 1.165) is 17.7 Å². The maximum absolute atomic E-state index is 12.1. The van der Waals surface area contributed by atoms with Crippen molar-refractivity contribution in [3.05, 3.63) is 51.7 Å². The Bertz CT molecular complexity index is 549. The fraction of sp³-hybridized carbons (Fsp3) is 0.267. The maximum atomic E-state index is 12.1. The highest BCUT2D eigenvalue weighted by atomic mass is 32.1. The summed E-state index contributed by atoms with van der Waals surface area (Å²) in [6.07, 6.45) is 0.871. The molecule has 0 aliphatic rings. The zero-order valence-corrected chi connectivity index (χ0v) is 12.0. The smallest absolute Gasteiger partial charge is 0.253 e. The van der Waals surface area contributed by atoms with Gasteiger partial charge in [0.25, 0.3) is 5.91 Å². The van der Waals surface area contributed by atoms with Gasteiger partial charge >= 0.3 is 0 Å². The van der Waals surface area contributed by atoms with Crippen molar-refractivity contribution in [1.29, 1.82) is 0 Å². The Kier molecular flexibility index (Phi) is 4.58. The van der Waals surface area contributed by atoms with Gasteiger partial charge in [0.05, 0.1) is 5.56 Å². The molecule has 0 spiro atoms. The largest absolute Gasteiger partial charge is 0.387 e. The molecule has 3 nitrogen and oxygen atoms in total. The van der Waals surface area contributed by atoms with Gasteiger partial charge in [-0.15, -0.1) is 0 Å². The highest BCUT2D eigenvalue weighted by Gasteiger charge is 2.10. The second kappa shape index (κ2) is 6.38. The first kappa shape index (κ1) is 13.6. The lowest BCUT2D eigenvalue weighted by atomic mass is 10.1. The van der Waals surface area contributed by atoms with Crippen LogP contribution in [0.1, 0.15) is 21.5 Å². The number of thiophene rings is 1. The molecule has 19 heavy (non-hydrogen) atoms. The van der Waals surface area contributed by atoms with Gasteiger partial charge < -0.3 is 10.6 Å². The first-order chi connectivity index (χ1) is 9.20. The van der Waals surface area contributed by atoms with Crippen LogP contribution in [0.2, 0.25) is 0 Å². The van der Waals surface area contributed by atoms with E-state index in [0.29, 0.717) is 12.1 Å². The summed E-state index contributed by atoms with van der Waals surface area (Å²) >= 11 is 1.68. The van der Waals surface area contributed by atoms with Gasteiger partial charge in [0, 0.05) is 19.3 Å². The summed E-state index contributed by atoms with van der Waals surface area (Å²) in [7, 11) is 1.83. The zero-order chi connectivity index (χ0) is 13.7. The van der Waals surface area contributed by atoms with E-state index < -0.39 is 0 Å². The minimum Gasteiger partial charge on any atom is -0.387 e. The van der Waals surface area contributed by atoms with Crippen LogP contribution in [-0.2, 0) is 6.42 Å². The van der Waals surface area contributed by atoms with Gasteiger partial charge in [-0.1, -0.05) is 6.07 Å². The highest BCUT2D eigenvalue weighted by Crippen LogP contribution is 2.16. The van der Waals surface area contributed by atoms with E-state index in [1.807, 2.05) is 32.2 Å². The number of carbonyl (C=O) groups excluding carboxylic acids is 1. The number of amides is 1. The predicted octanol–water partition coefficient (Wildman–Crippen LogP) is 3.07. The minimum absolute atomic E-state index is 0.0282. The van der Waals surface area contributed by atoms with Crippen molar-refractivity contribution >= 4 is 22.9 Å². The Morgan fingerprint density at radius 3 is 2.84 bits per heavy atom. The van der Waals surface area contributed by atoms with Crippen molar-refractivity contribution in [3.63, 3.8) is 0 Å². The number of anilines is 1. The molecule has 1 amide bonds. The lowest BCUT2D eigenvalue weighted by molar-refractivity contribution is 0.0955. The first-order valence-electron chi connectivity index (χ1n) is 6.28. The molecule has 0 aliphatic carbocycles. The summed E-state index contributed by atoms with van der Waals surface area (Å²) in [6, 6.07) is 7.88. The highest BCUT2D eigenvalue weighted by molar-refractivity contribution is 7.07. The van der Waals surface area contributed by atoms with Crippen LogP contribution in [-0.4, -0.2) is 19.5 Å². The average molecular weight is 274 g/mol. The number of aryl methyl sites for hydroxylation is 1. The molecular weight excluding hydrogens is 256 g/mol. The topological polar surface area (TPSA) is 41.1 Å². The minimum atomic E-state index is -0.0282. The van der Waals surface area contributed by atoms with Crippen LogP contribution in [0, 0.1) is 6.92 Å². The third-order valence-electron chi connectivity index (χ3n) is 2.97. The fourth-order valence-corrected chi connectivity index (χ4v) is 2.62. The summed E-state index contributed by atoms with van der Waals surface area (Å²) in [5.41, 5.74) is 3.97. The van der Waals surface area contributed by atoms with Crippen LogP contribution in [0.25, 0.3) is 0 Å². The Morgan fingerprint density at radius 2 is 2.16 bits per heavy atom. The van der Waals surface area contributed by atoms with Crippen LogP contribution in [0.15, 0.2) is 35.0 Å². The van der Waals surface area contributed by atoms with Gasteiger partial charge in [-0.2, -0.15) is 11.3 Å². The molecule has 0 unspecified atom stereocenters. The third-order valence-corrected chi connectivity index (χ3v) is 3.70. The fourth-order valence-electron chi connectivity index (χ4n) is 1.91. The normalized spacial score (nSPS) is 10.2. The van der Waals surface area contributed by atoms with Crippen molar-refractivity contribution in [2.75, 3.05) is 18.9 Å². The molecule has 0 radical (unpaired) electrons. The van der Waals surface area contributed by atoms with E-state index >= 15 is 0 Å². The molecule has 0 atom stereocenters. The Morgan fingerprint density at radius 1 is 1.32 bits per heavy atom. The van der Waals surface area contributed by atoms with Crippen molar-refractivity contribution in [3.8, 4) is 0 Å². The Hall–Kier alpha value is -1.81. The molecule has 100 valence electrons. The van der Waals surface area contributed by atoms with E-state index in [1.54, 1.807) is 11.3 Å². The number of hydrogen-bond acceptors (Lipinski definition) is 3. The molecule has 2 aromatic rings. The number of rotatable bonds is 5. The van der Waals surface area contributed by atoms with Crippen LogP contribution in [0.5, 0.6) is 0 Å². The molecule has 2 rings (SSSR count). The molecule has 0 saturated heterocycles. The van der Waals surface area contributed by atoms with E-state index in [9.17, 15) is 4.79 Å². The Balaban J connectivity index is 1.96. The monoisotopic (exact) mass is 274 g/mol. The number of nitrogens with one attached hydrogen (secondary N) is 2. The number of benzene rings is 1. The molecule has 0 fully saturated rings. The second-order valence-corrected chi connectivity index (χ2v) is 5.22. The van der Waals surface area contributed by atoms with Gasteiger partial charge in [-0.3, -0.25) is 4.79 Å². The summed E-state index contributed by atoms with van der Waals surface area (Å²) in [4.78, 5) is 12.1. The van der Waals surface area contributed by atoms with E-state index in [4.69, 9.17) is 0 Å². The molecule has 1 aromatic carbocycles. The second-order valence-electron chi connectivity index (χ2n) is 4.44. The van der Waals surface area contributed by atoms with Gasteiger partial charge in [0.15, 0.2) is 0 Å². The standard InChI is InChI=1S/C15H18N2OS/c1-11-3-4-13(14(9-11)16-2)15(18)17-7-5-12-6-8-19-10-12/h3-4,6,8-10,16H,5,7H2,1-2H3,(H,17,18). The summed E-state index contributed by atoms with van der Waals surface area (Å²) < 4.78 is 0. The molecule has 4 heteroatoms. The van der Waals surface area contributed by atoms with Crippen LogP contribution < -0.4 is 10.6 Å². The predicted molar refractivity (Wildman–Crippen MR) is 81.1 cm³/mol. The average Bonchev–Trinajstić information content (AvgIpc) is 2.91. The molecule has 0 saturated carbocycles. The zero-order valence-electron chi connectivity index (χ0n) is 11.2. The van der Waals surface area contributed by atoms with Gasteiger partial charge in [0.2, 0.25) is 0 Å². The third kappa shape index (κ3) is 3.58. The summed E-state index contributed by atoms with van der Waals surface area (Å²) in [6.45, 7) is 2.67. The van der Waals surface area contributed by atoms with Crippen molar-refractivity contribution in [2.45, 2.75) is 13.3 Å². The molecule has 1 heterocycles. The summed E-state index contributed by atoms with van der Waals surface area (Å²) in [5.74, 6) is -0.0282. The van der Waals surface area contributed by atoms with E-state index in [1.165, 1.54) is 5.56 Å². The van der Waals surface area contributed by atoms with Gasteiger partial charge in [-0.25, -0.2) is 0 Å². The molecule has 0 aliphatic heterocycles. The van der Waals surface area contributed by atoms with Crippen LogP contribution >= 0.6 is 11.3 Å². The number of hydrogen-bond donors (Lipinski definition) is 2. The molecule has 2 N–H and O–H groups in total. The van der Waals surface area contributed by atoms with Crippen LogP contribution in [0.3, 0.4) is 0 Å². The molecule has 1 aromatic heterocycles. The van der Waals surface area contributed by atoms with Gasteiger partial charge in [-0.05, 0) is 53.4 Å². The lowest BCUT2D eigenvalue weighted by Gasteiger charge is -2.10. The SMILES string of the molecule is CNc1cc(C)ccc1C(=O)NCCc1ccsc1. The van der Waals surface area contributed by atoms with Crippen molar-refractivity contribution in [1.82, 2.24) is 5.32 Å². The molecule has 0 bridgehead atoms. The van der Waals surface area contributed by atoms with Gasteiger partial charge in [0.1, 0.15) is 0 Å². The Labute approximate surface area is 117 Å². The summed E-state index contributed by atoms with van der Waals surface area (Å²) in [5, 5.41) is 10.2. The first-order valence-corrected chi connectivity index (χ1v) is 7.22. The van der Waals surface area contributed by atoms with Crippen molar-refractivity contribution in [2.24, 2.45) is 0 Å². The number of carbonyl (C=O) groups is 1.